The topological polar surface area (TPSA) is 64.6 Å². The molecular formula is C18H17ClFNO4. The van der Waals surface area contributed by atoms with Crippen molar-refractivity contribution in [2.24, 2.45) is 0 Å². The number of carbonyl (C=O) groups excluding carboxylic acids is 2. The number of hydrogen-bond acceptors (Lipinski definition) is 4. The molecule has 0 saturated carbocycles. The fourth-order valence-corrected chi connectivity index (χ4v) is 2.35. The van der Waals surface area contributed by atoms with E-state index in [0.717, 1.165) is 11.6 Å². The van der Waals surface area contributed by atoms with Crippen LogP contribution in [-0.2, 0) is 9.53 Å². The van der Waals surface area contributed by atoms with Crippen LogP contribution in [0.25, 0.3) is 0 Å². The maximum absolute atomic E-state index is 13.6. The van der Waals surface area contributed by atoms with E-state index in [2.05, 4.69) is 5.32 Å². The van der Waals surface area contributed by atoms with Crippen molar-refractivity contribution in [3.05, 3.63) is 64.4 Å². The Morgan fingerprint density at radius 1 is 1.24 bits per heavy atom. The third kappa shape index (κ3) is 5.19. The number of amides is 1. The Morgan fingerprint density at radius 2 is 2.00 bits per heavy atom. The lowest BCUT2D eigenvalue weighted by Gasteiger charge is -2.14. The van der Waals surface area contributed by atoms with E-state index in [4.69, 9.17) is 21.1 Å². The molecule has 2 aromatic rings. The molecule has 0 bridgehead atoms. The number of benzene rings is 2. The first-order valence-electron chi connectivity index (χ1n) is 7.46. The molecule has 1 amide bonds. The highest BCUT2D eigenvalue weighted by atomic mass is 35.5. The second kappa shape index (κ2) is 8.48. The fourth-order valence-electron chi connectivity index (χ4n) is 2.15. The number of rotatable bonds is 6. The Balaban J connectivity index is 1.89. The summed E-state index contributed by atoms with van der Waals surface area (Å²) in [6.07, 6.45) is 0. The molecular weight excluding hydrogens is 349 g/mol. The molecule has 0 aliphatic rings. The van der Waals surface area contributed by atoms with E-state index in [-0.39, 0.29) is 17.4 Å². The van der Waals surface area contributed by atoms with Crippen LogP contribution in [0.2, 0.25) is 5.02 Å². The van der Waals surface area contributed by atoms with Crippen molar-refractivity contribution in [3.8, 4) is 5.75 Å². The van der Waals surface area contributed by atoms with Crippen molar-refractivity contribution in [1.29, 1.82) is 0 Å². The number of methoxy groups -OCH3 is 1. The zero-order chi connectivity index (χ0) is 18.4. The zero-order valence-electron chi connectivity index (χ0n) is 13.7. The van der Waals surface area contributed by atoms with Gasteiger partial charge in [0.05, 0.1) is 18.7 Å². The summed E-state index contributed by atoms with van der Waals surface area (Å²) in [7, 11) is 1.32. The molecule has 0 spiro atoms. The van der Waals surface area contributed by atoms with Crippen LogP contribution in [0, 0.1) is 5.82 Å². The molecule has 0 aliphatic heterocycles. The van der Waals surface area contributed by atoms with Gasteiger partial charge in [-0.15, -0.1) is 0 Å². The van der Waals surface area contributed by atoms with Crippen molar-refractivity contribution in [1.82, 2.24) is 5.32 Å². The molecule has 1 atom stereocenters. The van der Waals surface area contributed by atoms with E-state index in [1.807, 2.05) is 6.07 Å². The van der Waals surface area contributed by atoms with E-state index in [1.54, 1.807) is 25.1 Å². The first-order valence-corrected chi connectivity index (χ1v) is 7.84. The zero-order valence-corrected chi connectivity index (χ0v) is 14.5. The van der Waals surface area contributed by atoms with Crippen molar-refractivity contribution in [3.63, 3.8) is 0 Å². The second-order valence-corrected chi connectivity index (χ2v) is 5.71. The van der Waals surface area contributed by atoms with E-state index in [9.17, 15) is 14.0 Å². The van der Waals surface area contributed by atoms with Gasteiger partial charge in [-0.2, -0.15) is 0 Å². The smallest absolute Gasteiger partial charge is 0.338 e. The highest BCUT2D eigenvalue weighted by Gasteiger charge is 2.15. The normalized spacial score (nSPS) is 11.5. The lowest BCUT2D eigenvalue weighted by Crippen LogP contribution is -2.31. The first kappa shape index (κ1) is 18.7. The number of carbonyl (C=O) groups is 2. The Morgan fingerprint density at radius 3 is 2.64 bits per heavy atom. The summed E-state index contributed by atoms with van der Waals surface area (Å²) in [6.45, 7) is 1.31. The molecule has 0 fully saturated rings. The Labute approximate surface area is 149 Å². The molecule has 132 valence electrons. The van der Waals surface area contributed by atoms with Crippen LogP contribution in [0.3, 0.4) is 0 Å². The highest BCUT2D eigenvalue weighted by Crippen LogP contribution is 2.19. The minimum Gasteiger partial charge on any atom is -0.494 e. The Bertz CT molecular complexity index is 781. The van der Waals surface area contributed by atoms with Crippen LogP contribution in [-0.4, -0.2) is 25.6 Å². The van der Waals surface area contributed by atoms with E-state index in [1.165, 1.54) is 19.2 Å². The number of nitrogens with one attached hydrogen (secondary N) is 1. The fraction of sp³-hybridized carbons (Fsp3) is 0.222. The van der Waals surface area contributed by atoms with Gasteiger partial charge >= 0.3 is 5.97 Å². The minimum absolute atomic E-state index is 0.00557. The molecule has 0 heterocycles. The average molecular weight is 366 g/mol. The van der Waals surface area contributed by atoms with Gasteiger partial charge in [-0.1, -0.05) is 23.7 Å². The summed E-state index contributed by atoms with van der Waals surface area (Å²) >= 11 is 5.91. The second-order valence-electron chi connectivity index (χ2n) is 5.27. The summed E-state index contributed by atoms with van der Waals surface area (Å²) in [6, 6.07) is 10.4. The van der Waals surface area contributed by atoms with Crippen molar-refractivity contribution in [2.45, 2.75) is 13.0 Å². The van der Waals surface area contributed by atoms with Gasteiger partial charge in [0.1, 0.15) is 0 Å². The van der Waals surface area contributed by atoms with Gasteiger partial charge in [-0.3, -0.25) is 4.79 Å². The van der Waals surface area contributed by atoms with Crippen LogP contribution in [0.1, 0.15) is 28.9 Å². The molecule has 7 heteroatoms. The molecule has 25 heavy (non-hydrogen) atoms. The quantitative estimate of drug-likeness (QED) is 0.795. The Hall–Kier alpha value is -2.60. The number of hydrogen-bond donors (Lipinski definition) is 1. The first-order chi connectivity index (χ1) is 11.9. The van der Waals surface area contributed by atoms with Crippen LogP contribution in [0.15, 0.2) is 42.5 Å². The predicted octanol–water partition coefficient (Wildman–Crippen LogP) is 3.52. The number of ether oxygens (including phenoxy) is 2. The van der Waals surface area contributed by atoms with Crippen LogP contribution < -0.4 is 10.1 Å². The highest BCUT2D eigenvalue weighted by molar-refractivity contribution is 6.30. The van der Waals surface area contributed by atoms with Crippen LogP contribution in [0.5, 0.6) is 5.75 Å². The van der Waals surface area contributed by atoms with Gasteiger partial charge in [-0.25, -0.2) is 9.18 Å². The monoisotopic (exact) mass is 365 g/mol. The van der Waals surface area contributed by atoms with Crippen molar-refractivity contribution < 1.29 is 23.5 Å². The molecule has 0 aromatic heterocycles. The molecule has 5 nitrogen and oxygen atoms in total. The third-order valence-electron chi connectivity index (χ3n) is 3.45. The number of esters is 1. The maximum atomic E-state index is 13.6. The van der Waals surface area contributed by atoms with Gasteiger partial charge in [0.25, 0.3) is 5.91 Å². The summed E-state index contributed by atoms with van der Waals surface area (Å²) < 4.78 is 23.2. The summed E-state index contributed by atoms with van der Waals surface area (Å²) in [5.74, 6) is -1.94. The van der Waals surface area contributed by atoms with Crippen LogP contribution >= 0.6 is 11.6 Å². The summed E-state index contributed by atoms with van der Waals surface area (Å²) in [5, 5.41) is 3.25. The average Bonchev–Trinajstić information content (AvgIpc) is 2.59. The lowest BCUT2D eigenvalue weighted by molar-refractivity contribution is -0.124. The van der Waals surface area contributed by atoms with Crippen LogP contribution in [0.4, 0.5) is 4.39 Å². The molecule has 0 saturated heterocycles. The van der Waals surface area contributed by atoms with Crippen molar-refractivity contribution >= 4 is 23.5 Å². The Kier molecular flexibility index (Phi) is 6.36. The van der Waals surface area contributed by atoms with E-state index < -0.39 is 24.3 Å². The third-order valence-corrected chi connectivity index (χ3v) is 3.68. The summed E-state index contributed by atoms with van der Waals surface area (Å²) in [5.41, 5.74) is 0.818. The lowest BCUT2D eigenvalue weighted by atomic mass is 10.1. The van der Waals surface area contributed by atoms with E-state index >= 15 is 0 Å². The standard InChI is InChI=1S/C18H17ClFNO4/c1-11(12-4-3-5-14(19)8-12)21-17(22)10-25-18(23)13-6-7-16(24-2)15(20)9-13/h3-9,11H,10H2,1-2H3,(H,21,22)/t11-/m0/s1. The SMILES string of the molecule is COc1ccc(C(=O)OCC(=O)N[C@@H](C)c2cccc(Cl)c2)cc1F. The van der Waals surface area contributed by atoms with Gasteiger partial charge in [0, 0.05) is 5.02 Å². The van der Waals surface area contributed by atoms with Gasteiger partial charge < -0.3 is 14.8 Å². The van der Waals surface area contributed by atoms with E-state index in [0.29, 0.717) is 5.02 Å². The predicted molar refractivity (Wildman–Crippen MR) is 91.2 cm³/mol. The molecule has 1 N–H and O–H groups in total. The van der Waals surface area contributed by atoms with Crippen molar-refractivity contribution in [2.75, 3.05) is 13.7 Å². The molecule has 2 aromatic carbocycles. The minimum atomic E-state index is -0.799. The van der Waals surface area contributed by atoms with Gasteiger partial charge in [0.2, 0.25) is 0 Å². The largest absolute Gasteiger partial charge is 0.494 e. The number of halogens is 2. The van der Waals surface area contributed by atoms with Gasteiger partial charge in [-0.05, 0) is 42.8 Å². The van der Waals surface area contributed by atoms with Gasteiger partial charge in [0.15, 0.2) is 18.2 Å². The summed E-state index contributed by atoms with van der Waals surface area (Å²) in [4.78, 5) is 23.8. The molecule has 0 aliphatic carbocycles. The molecule has 2 rings (SSSR count). The molecule has 0 unspecified atom stereocenters. The molecule has 0 radical (unpaired) electrons. The maximum Gasteiger partial charge on any atom is 0.338 e.